The number of pyridine rings is 1. The second-order valence-electron chi connectivity index (χ2n) is 4.75. The van der Waals surface area contributed by atoms with Crippen LogP contribution in [0.3, 0.4) is 0 Å². The first-order valence-corrected chi connectivity index (χ1v) is 6.13. The molecule has 1 saturated heterocycles. The molecule has 2 atom stereocenters. The first-order valence-electron chi connectivity index (χ1n) is 6.13. The molecule has 2 N–H and O–H groups in total. The van der Waals surface area contributed by atoms with Crippen molar-refractivity contribution in [1.29, 1.82) is 0 Å². The van der Waals surface area contributed by atoms with Crippen molar-refractivity contribution < 1.29 is 4.79 Å². The zero-order valence-electron chi connectivity index (χ0n) is 11.0. The van der Waals surface area contributed by atoms with Gasteiger partial charge in [-0.1, -0.05) is 0 Å². The Balaban J connectivity index is 0.00000162. The van der Waals surface area contributed by atoms with Crippen molar-refractivity contribution in [1.82, 2.24) is 9.88 Å². The Morgan fingerprint density at radius 1 is 1.42 bits per heavy atom. The van der Waals surface area contributed by atoms with Gasteiger partial charge in [0.15, 0.2) is 0 Å². The maximum absolute atomic E-state index is 12.2. The van der Waals surface area contributed by atoms with Crippen molar-refractivity contribution >= 4 is 30.7 Å². The zero-order valence-corrected chi connectivity index (χ0v) is 12.6. The number of halogens is 2. The fraction of sp³-hybridized carbons (Fsp3) is 0.538. The Kier molecular flexibility index (Phi) is 7.99. The molecule has 0 radical (unpaired) electrons. The van der Waals surface area contributed by atoms with Gasteiger partial charge in [0.2, 0.25) is 0 Å². The Labute approximate surface area is 126 Å². The van der Waals surface area contributed by atoms with Crippen LogP contribution in [-0.2, 0) is 0 Å². The lowest BCUT2D eigenvalue weighted by Gasteiger charge is -2.34. The summed E-state index contributed by atoms with van der Waals surface area (Å²) in [6.45, 7) is 3.63. The van der Waals surface area contributed by atoms with Crippen molar-refractivity contribution in [3.63, 3.8) is 0 Å². The van der Waals surface area contributed by atoms with E-state index >= 15 is 0 Å². The molecule has 1 amide bonds. The SMILES string of the molecule is CC(N)C1CCCN(C(=O)c2ccncc2)C1.Cl.Cl. The standard InChI is InChI=1S/C13H19N3O.2ClH/c1-10(14)12-3-2-8-16(9-12)13(17)11-4-6-15-7-5-11;;/h4-7,10,12H,2-3,8-9,14H2,1H3;2*1H. The molecule has 1 fully saturated rings. The highest BCUT2D eigenvalue weighted by molar-refractivity contribution is 5.94. The van der Waals surface area contributed by atoms with Crippen LogP contribution in [0, 0.1) is 5.92 Å². The van der Waals surface area contributed by atoms with Gasteiger partial charge in [-0.15, -0.1) is 24.8 Å². The third-order valence-electron chi connectivity index (χ3n) is 3.42. The van der Waals surface area contributed by atoms with Crippen LogP contribution in [0.4, 0.5) is 0 Å². The topological polar surface area (TPSA) is 59.2 Å². The molecule has 1 aliphatic heterocycles. The number of nitrogens with two attached hydrogens (primary N) is 1. The van der Waals surface area contributed by atoms with Crippen molar-refractivity contribution in [2.24, 2.45) is 11.7 Å². The van der Waals surface area contributed by atoms with E-state index in [9.17, 15) is 4.79 Å². The third kappa shape index (κ3) is 4.64. The minimum Gasteiger partial charge on any atom is -0.338 e. The summed E-state index contributed by atoms with van der Waals surface area (Å²) >= 11 is 0. The number of aromatic nitrogens is 1. The fourth-order valence-corrected chi connectivity index (χ4v) is 2.30. The lowest BCUT2D eigenvalue weighted by atomic mass is 9.92. The number of hydrogen-bond donors (Lipinski definition) is 1. The molecule has 1 aromatic rings. The van der Waals surface area contributed by atoms with Gasteiger partial charge in [0.1, 0.15) is 0 Å². The molecule has 0 aromatic carbocycles. The lowest BCUT2D eigenvalue weighted by molar-refractivity contribution is 0.0661. The van der Waals surface area contributed by atoms with E-state index in [2.05, 4.69) is 4.98 Å². The lowest BCUT2D eigenvalue weighted by Crippen LogP contribution is -2.45. The molecule has 108 valence electrons. The molecule has 2 rings (SSSR count). The molecule has 0 aliphatic carbocycles. The van der Waals surface area contributed by atoms with E-state index in [4.69, 9.17) is 5.73 Å². The highest BCUT2D eigenvalue weighted by Crippen LogP contribution is 2.20. The molecule has 0 saturated carbocycles. The smallest absolute Gasteiger partial charge is 0.253 e. The van der Waals surface area contributed by atoms with Gasteiger partial charge in [0.25, 0.3) is 5.91 Å². The third-order valence-corrected chi connectivity index (χ3v) is 3.42. The van der Waals surface area contributed by atoms with Crippen molar-refractivity contribution in [2.75, 3.05) is 13.1 Å². The molecule has 2 unspecified atom stereocenters. The van der Waals surface area contributed by atoms with Gasteiger partial charge >= 0.3 is 0 Å². The molecule has 0 bridgehead atoms. The van der Waals surface area contributed by atoms with Gasteiger partial charge in [-0.05, 0) is 37.8 Å². The monoisotopic (exact) mass is 305 g/mol. The van der Waals surface area contributed by atoms with Crippen LogP contribution in [0.15, 0.2) is 24.5 Å². The van der Waals surface area contributed by atoms with E-state index in [-0.39, 0.29) is 36.8 Å². The number of piperidine rings is 1. The fourth-order valence-electron chi connectivity index (χ4n) is 2.30. The molecule has 1 aliphatic rings. The predicted octanol–water partition coefficient (Wildman–Crippen LogP) is 2.12. The maximum Gasteiger partial charge on any atom is 0.253 e. The summed E-state index contributed by atoms with van der Waals surface area (Å²) < 4.78 is 0. The molecule has 6 heteroatoms. The van der Waals surface area contributed by atoms with Crippen molar-refractivity contribution in [3.05, 3.63) is 30.1 Å². The van der Waals surface area contributed by atoms with Crippen molar-refractivity contribution in [3.8, 4) is 0 Å². The van der Waals surface area contributed by atoms with Crippen LogP contribution in [0.2, 0.25) is 0 Å². The summed E-state index contributed by atoms with van der Waals surface area (Å²) in [6.07, 6.45) is 5.47. The van der Waals surface area contributed by atoms with E-state index in [1.807, 2.05) is 11.8 Å². The van der Waals surface area contributed by atoms with Crippen LogP contribution in [0.1, 0.15) is 30.1 Å². The average molecular weight is 306 g/mol. The normalized spacial score (nSPS) is 19.9. The molecular weight excluding hydrogens is 285 g/mol. The largest absolute Gasteiger partial charge is 0.338 e. The Morgan fingerprint density at radius 3 is 2.63 bits per heavy atom. The maximum atomic E-state index is 12.2. The average Bonchev–Trinajstić information content (AvgIpc) is 2.39. The summed E-state index contributed by atoms with van der Waals surface area (Å²) in [6, 6.07) is 3.68. The van der Waals surface area contributed by atoms with Crippen LogP contribution < -0.4 is 5.73 Å². The molecule has 0 spiro atoms. The van der Waals surface area contributed by atoms with Gasteiger partial charge in [-0.3, -0.25) is 9.78 Å². The quantitative estimate of drug-likeness (QED) is 0.910. The number of nitrogens with zero attached hydrogens (tertiary/aromatic N) is 2. The predicted molar refractivity (Wildman–Crippen MR) is 81.0 cm³/mol. The van der Waals surface area contributed by atoms with Crippen LogP contribution in [-0.4, -0.2) is 34.9 Å². The van der Waals surface area contributed by atoms with E-state index in [1.165, 1.54) is 0 Å². The Morgan fingerprint density at radius 2 is 2.05 bits per heavy atom. The minimum absolute atomic E-state index is 0. The molecule has 2 heterocycles. The summed E-state index contributed by atoms with van der Waals surface area (Å²) in [7, 11) is 0. The molecule has 19 heavy (non-hydrogen) atoms. The van der Waals surface area contributed by atoms with E-state index in [0.29, 0.717) is 11.5 Å². The number of carbonyl (C=O) groups is 1. The van der Waals surface area contributed by atoms with Gasteiger partial charge in [-0.25, -0.2) is 0 Å². The zero-order chi connectivity index (χ0) is 12.3. The summed E-state index contributed by atoms with van der Waals surface area (Å²) in [5.74, 6) is 0.521. The first-order chi connectivity index (χ1) is 8.18. The van der Waals surface area contributed by atoms with Gasteiger partial charge in [-0.2, -0.15) is 0 Å². The Hall–Kier alpha value is -0.840. The van der Waals surface area contributed by atoms with Crippen LogP contribution in [0.25, 0.3) is 0 Å². The van der Waals surface area contributed by atoms with E-state index < -0.39 is 0 Å². The summed E-state index contributed by atoms with van der Waals surface area (Å²) in [5.41, 5.74) is 6.63. The van der Waals surface area contributed by atoms with E-state index in [1.54, 1.807) is 24.5 Å². The highest BCUT2D eigenvalue weighted by Gasteiger charge is 2.26. The number of hydrogen-bond acceptors (Lipinski definition) is 3. The van der Waals surface area contributed by atoms with E-state index in [0.717, 1.165) is 25.9 Å². The number of amides is 1. The number of likely N-dealkylation sites (tertiary alicyclic amines) is 1. The molecule has 4 nitrogen and oxygen atoms in total. The highest BCUT2D eigenvalue weighted by atomic mass is 35.5. The second kappa shape index (κ2) is 8.35. The number of carbonyl (C=O) groups excluding carboxylic acids is 1. The molecule has 1 aromatic heterocycles. The Bertz CT molecular complexity index is 387. The minimum atomic E-state index is 0. The second-order valence-corrected chi connectivity index (χ2v) is 4.75. The number of rotatable bonds is 2. The summed E-state index contributed by atoms with van der Waals surface area (Å²) in [5, 5.41) is 0. The van der Waals surface area contributed by atoms with Crippen molar-refractivity contribution in [2.45, 2.75) is 25.8 Å². The molecular formula is C13H21Cl2N3O. The first kappa shape index (κ1) is 18.2. The van der Waals surface area contributed by atoms with Gasteiger partial charge in [0, 0.05) is 37.1 Å². The van der Waals surface area contributed by atoms with Crippen LogP contribution in [0.5, 0.6) is 0 Å². The van der Waals surface area contributed by atoms with Gasteiger partial charge < -0.3 is 10.6 Å². The van der Waals surface area contributed by atoms with Crippen LogP contribution >= 0.6 is 24.8 Å². The van der Waals surface area contributed by atoms with Gasteiger partial charge in [0.05, 0.1) is 0 Å². The summed E-state index contributed by atoms with van der Waals surface area (Å²) in [4.78, 5) is 18.1.